The minimum absolute atomic E-state index is 0.109. The molecule has 0 aliphatic carbocycles. The van der Waals surface area contributed by atoms with Crippen molar-refractivity contribution in [1.82, 2.24) is 24.6 Å². The predicted octanol–water partition coefficient (Wildman–Crippen LogP) is 3.36. The highest BCUT2D eigenvalue weighted by atomic mass is 31.2. The Labute approximate surface area is 253 Å². The number of halogens is 1. The molecule has 1 aromatic carbocycles. The molecule has 1 aliphatic rings. The number of rotatable bonds is 14. The SMILES string of the molecule is CCOc1nc(N)nc2c1ncn2[C@@H]1O[C@H](CO[P@@](=O)(N[C@H](C)C(=O)OC(C)C)Oc2ccccc2)[C@@H](CF)[C@H]1OC(C)=O. The lowest BCUT2D eigenvalue weighted by atomic mass is 10.00. The first-order valence-corrected chi connectivity index (χ1v) is 15.5. The highest BCUT2D eigenvalue weighted by Gasteiger charge is 2.49. The number of alkyl halides is 1. The fourth-order valence-corrected chi connectivity index (χ4v) is 6.03. The second-order valence-corrected chi connectivity index (χ2v) is 11.8. The van der Waals surface area contributed by atoms with E-state index in [1.807, 2.05) is 0 Å². The van der Waals surface area contributed by atoms with E-state index in [1.165, 1.54) is 24.7 Å². The minimum Gasteiger partial charge on any atom is -0.476 e. The molecule has 0 amide bonds. The van der Waals surface area contributed by atoms with E-state index < -0.39 is 69.5 Å². The Kier molecular flexibility index (Phi) is 10.7. The molecule has 6 atom stereocenters. The van der Waals surface area contributed by atoms with Crippen LogP contribution in [0.5, 0.6) is 11.6 Å². The summed E-state index contributed by atoms with van der Waals surface area (Å²) >= 11 is 0. The number of imidazole rings is 1. The van der Waals surface area contributed by atoms with Gasteiger partial charge in [-0.05, 0) is 39.8 Å². The van der Waals surface area contributed by atoms with Crippen LogP contribution in [0.15, 0.2) is 36.7 Å². The number of hydrogen-bond acceptors (Lipinski definition) is 13. The molecule has 4 rings (SSSR count). The lowest BCUT2D eigenvalue weighted by Gasteiger charge is -2.25. The number of nitrogens with zero attached hydrogens (tertiary/aromatic N) is 4. The molecule has 1 fully saturated rings. The lowest BCUT2D eigenvalue weighted by molar-refractivity contribution is -0.154. The number of esters is 2. The largest absolute Gasteiger partial charge is 0.476 e. The van der Waals surface area contributed by atoms with Crippen LogP contribution in [0.3, 0.4) is 0 Å². The number of para-hydroxylation sites is 1. The van der Waals surface area contributed by atoms with E-state index in [2.05, 4.69) is 20.0 Å². The number of carbonyl (C=O) groups excluding carboxylic acids is 2. The zero-order valence-electron chi connectivity index (χ0n) is 24.9. The Morgan fingerprint density at radius 1 is 1.20 bits per heavy atom. The summed E-state index contributed by atoms with van der Waals surface area (Å²) in [7, 11) is -4.31. The summed E-state index contributed by atoms with van der Waals surface area (Å²) in [4.78, 5) is 37.2. The molecule has 44 heavy (non-hydrogen) atoms. The summed E-state index contributed by atoms with van der Waals surface area (Å²) in [5, 5.41) is 2.58. The Bertz CT molecular complexity index is 1490. The number of anilines is 1. The molecule has 0 saturated carbocycles. The molecule has 0 bridgehead atoms. The molecule has 15 nitrogen and oxygen atoms in total. The smallest absolute Gasteiger partial charge is 0.459 e. The van der Waals surface area contributed by atoms with Crippen molar-refractivity contribution in [3.63, 3.8) is 0 Å². The highest BCUT2D eigenvalue weighted by molar-refractivity contribution is 7.52. The van der Waals surface area contributed by atoms with E-state index in [0.717, 1.165) is 0 Å². The van der Waals surface area contributed by atoms with Gasteiger partial charge in [0.25, 0.3) is 0 Å². The van der Waals surface area contributed by atoms with Crippen LogP contribution in [0.2, 0.25) is 0 Å². The van der Waals surface area contributed by atoms with Crippen LogP contribution in [0.4, 0.5) is 10.3 Å². The van der Waals surface area contributed by atoms with Crippen LogP contribution in [-0.4, -0.2) is 75.7 Å². The van der Waals surface area contributed by atoms with Crippen molar-refractivity contribution in [2.24, 2.45) is 5.92 Å². The number of fused-ring (bicyclic) bond motifs is 1. The van der Waals surface area contributed by atoms with Gasteiger partial charge in [0, 0.05) is 6.92 Å². The number of benzene rings is 1. The number of nitrogens with two attached hydrogens (primary N) is 1. The van der Waals surface area contributed by atoms with Crippen LogP contribution in [0.1, 0.15) is 40.8 Å². The molecule has 240 valence electrons. The van der Waals surface area contributed by atoms with Crippen molar-refractivity contribution in [2.45, 2.75) is 65.2 Å². The summed E-state index contributed by atoms with van der Waals surface area (Å²) in [6.45, 7) is 6.53. The van der Waals surface area contributed by atoms with Gasteiger partial charge in [-0.1, -0.05) is 18.2 Å². The Hall–Kier alpha value is -3.85. The first-order valence-electron chi connectivity index (χ1n) is 13.9. The molecular formula is C27H36FN6O9P. The number of ether oxygens (including phenoxy) is 4. The molecule has 0 spiro atoms. The van der Waals surface area contributed by atoms with Gasteiger partial charge < -0.3 is 29.2 Å². The maximum atomic E-state index is 14.6. The quantitative estimate of drug-likeness (QED) is 0.193. The van der Waals surface area contributed by atoms with Crippen LogP contribution in [0.25, 0.3) is 11.2 Å². The van der Waals surface area contributed by atoms with E-state index in [9.17, 15) is 18.5 Å². The lowest BCUT2D eigenvalue weighted by Crippen LogP contribution is -2.37. The molecule has 1 saturated heterocycles. The molecule has 3 heterocycles. The van der Waals surface area contributed by atoms with Gasteiger partial charge in [0.2, 0.25) is 11.8 Å². The van der Waals surface area contributed by atoms with Crippen molar-refractivity contribution in [1.29, 1.82) is 0 Å². The molecule has 0 unspecified atom stereocenters. The Morgan fingerprint density at radius 3 is 2.57 bits per heavy atom. The number of nitrogens with one attached hydrogen (secondary N) is 1. The summed E-state index contributed by atoms with van der Waals surface area (Å²) in [6, 6.07) is 7.05. The molecule has 17 heteroatoms. The number of carbonyl (C=O) groups is 2. The van der Waals surface area contributed by atoms with Gasteiger partial charge in [-0.15, -0.1) is 0 Å². The predicted molar refractivity (Wildman–Crippen MR) is 154 cm³/mol. The summed E-state index contributed by atoms with van der Waals surface area (Å²) in [6.07, 6.45) is -2.47. The van der Waals surface area contributed by atoms with Gasteiger partial charge in [0.05, 0.1) is 44.3 Å². The first-order chi connectivity index (χ1) is 20.9. The Balaban J connectivity index is 1.63. The second-order valence-electron chi connectivity index (χ2n) is 10.1. The second kappa shape index (κ2) is 14.3. The van der Waals surface area contributed by atoms with Crippen molar-refractivity contribution in [2.75, 3.05) is 25.6 Å². The number of hydrogen-bond donors (Lipinski definition) is 2. The fraction of sp³-hybridized carbons (Fsp3) is 0.519. The highest BCUT2D eigenvalue weighted by Crippen LogP contribution is 2.47. The van der Waals surface area contributed by atoms with Crippen LogP contribution >= 0.6 is 7.75 Å². The van der Waals surface area contributed by atoms with E-state index >= 15 is 0 Å². The van der Waals surface area contributed by atoms with E-state index in [-0.39, 0.29) is 35.3 Å². The maximum Gasteiger partial charge on any atom is 0.459 e. The van der Waals surface area contributed by atoms with E-state index in [1.54, 1.807) is 51.1 Å². The van der Waals surface area contributed by atoms with Crippen LogP contribution in [0, 0.1) is 5.92 Å². The standard InChI is InChI=1S/C27H36FN6O9P/c1-6-38-24-21-23(31-27(29)32-24)34(14-30-21)25-22(41-17(5)35)19(12-28)20(42-25)13-39-44(37,43-18-10-8-7-9-11-18)33-16(4)26(36)40-15(2)3/h7-11,14-16,19-20,22,25H,6,12-13H2,1-5H3,(H,33,37)(H2,29,31,32)/t16-,19-,20-,22-,25-,44+/m1/s1. The van der Waals surface area contributed by atoms with Gasteiger partial charge in [0.15, 0.2) is 23.5 Å². The Morgan fingerprint density at radius 2 is 1.93 bits per heavy atom. The zero-order valence-corrected chi connectivity index (χ0v) is 25.8. The van der Waals surface area contributed by atoms with Gasteiger partial charge >= 0.3 is 19.7 Å². The van der Waals surface area contributed by atoms with E-state index in [0.29, 0.717) is 0 Å². The first kappa shape index (κ1) is 33.1. The summed E-state index contributed by atoms with van der Waals surface area (Å²) in [5.41, 5.74) is 6.34. The average molecular weight is 639 g/mol. The average Bonchev–Trinajstić information content (AvgIpc) is 3.52. The normalized spacial score (nSPS) is 22.0. The van der Waals surface area contributed by atoms with Gasteiger partial charge in [0.1, 0.15) is 11.8 Å². The van der Waals surface area contributed by atoms with Gasteiger partial charge in [-0.25, -0.2) is 9.55 Å². The molecule has 3 aromatic rings. The third-order valence-electron chi connectivity index (χ3n) is 6.37. The van der Waals surface area contributed by atoms with E-state index in [4.69, 9.17) is 33.7 Å². The summed E-state index contributed by atoms with van der Waals surface area (Å²) < 4.78 is 63.8. The topological polar surface area (TPSA) is 188 Å². The molecular weight excluding hydrogens is 602 g/mol. The maximum absolute atomic E-state index is 14.6. The molecule has 2 aromatic heterocycles. The number of aromatic nitrogens is 4. The van der Waals surface area contributed by atoms with Crippen molar-refractivity contribution >= 4 is 36.8 Å². The van der Waals surface area contributed by atoms with Gasteiger partial charge in [-0.3, -0.25) is 23.1 Å². The van der Waals surface area contributed by atoms with Crippen molar-refractivity contribution < 1.29 is 46.5 Å². The van der Waals surface area contributed by atoms with Crippen molar-refractivity contribution in [3.05, 3.63) is 36.7 Å². The third-order valence-corrected chi connectivity index (χ3v) is 8.02. The number of nitrogen functional groups attached to an aromatic ring is 1. The molecule has 3 N–H and O–H groups in total. The van der Waals surface area contributed by atoms with Gasteiger partial charge in [-0.2, -0.15) is 15.1 Å². The monoisotopic (exact) mass is 638 g/mol. The van der Waals surface area contributed by atoms with Crippen molar-refractivity contribution in [3.8, 4) is 11.6 Å². The van der Waals surface area contributed by atoms with Crippen LogP contribution < -0.4 is 20.1 Å². The zero-order chi connectivity index (χ0) is 32.0. The van der Waals surface area contributed by atoms with Crippen LogP contribution in [-0.2, 0) is 32.9 Å². The molecule has 1 aliphatic heterocycles. The summed E-state index contributed by atoms with van der Waals surface area (Å²) in [5.74, 6) is -2.23. The third kappa shape index (κ3) is 7.80. The molecule has 0 radical (unpaired) electrons. The minimum atomic E-state index is -4.31. The fourth-order valence-electron chi connectivity index (χ4n) is 4.53.